The van der Waals surface area contributed by atoms with Gasteiger partial charge in [-0.2, -0.15) is 4.98 Å². The maximum atomic E-state index is 11.9. The molecule has 2 aromatic heterocycles. The third kappa shape index (κ3) is 4.88. The van der Waals surface area contributed by atoms with E-state index in [-0.39, 0.29) is 0 Å². The van der Waals surface area contributed by atoms with Gasteiger partial charge in [-0.3, -0.25) is 0 Å². The van der Waals surface area contributed by atoms with Crippen LogP contribution >= 0.6 is 0 Å². The summed E-state index contributed by atoms with van der Waals surface area (Å²) in [6.07, 6.45) is 7.63. The van der Waals surface area contributed by atoms with Gasteiger partial charge in [-0.05, 0) is 18.4 Å². The van der Waals surface area contributed by atoms with Crippen LogP contribution in [-0.2, 0) is 17.7 Å². The minimum absolute atomic E-state index is 0.397. The zero-order chi connectivity index (χ0) is 21.8. The van der Waals surface area contributed by atoms with E-state index in [0.29, 0.717) is 48.9 Å². The number of aromatic nitrogens is 4. The number of benzene rings is 1. The molecule has 1 aliphatic carbocycles. The van der Waals surface area contributed by atoms with Crippen LogP contribution in [0.1, 0.15) is 37.7 Å². The van der Waals surface area contributed by atoms with Gasteiger partial charge in [-0.1, -0.05) is 60.8 Å². The van der Waals surface area contributed by atoms with Gasteiger partial charge in [-0.15, -0.1) is 0 Å². The Morgan fingerprint density at radius 3 is 2.53 bits per heavy atom. The van der Waals surface area contributed by atoms with Crippen LogP contribution in [0.4, 0.5) is 17.6 Å². The summed E-state index contributed by atoms with van der Waals surface area (Å²) in [5.74, 6) is 3.44. The smallest absolute Gasteiger partial charge is 0.225 e. The fourth-order valence-corrected chi connectivity index (χ4v) is 5.46. The van der Waals surface area contributed by atoms with E-state index in [4.69, 9.17) is 9.97 Å². The van der Waals surface area contributed by atoms with Crippen molar-refractivity contribution in [3.8, 4) is 0 Å². The molecular weight excluding hydrogens is 422 g/mol. The predicted molar refractivity (Wildman–Crippen MR) is 129 cm³/mol. The van der Waals surface area contributed by atoms with E-state index in [1.54, 1.807) is 6.33 Å². The lowest BCUT2D eigenvalue weighted by Gasteiger charge is -2.30. The van der Waals surface area contributed by atoms with Crippen LogP contribution in [0.5, 0.6) is 0 Å². The van der Waals surface area contributed by atoms with Crippen LogP contribution < -0.4 is 15.5 Å². The number of rotatable bonds is 6. The van der Waals surface area contributed by atoms with Crippen molar-refractivity contribution in [2.45, 2.75) is 44.7 Å². The van der Waals surface area contributed by atoms with Gasteiger partial charge in [0.25, 0.3) is 0 Å². The van der Waals surface area contributed by atoms with Gasteiger partial charge in [0.2, 0.25) is 5.95 Å². The first kappa shape index (κ1) is 21.2. The summed E-state index contributed by atoms with van der Waals surface area (Å²) in [5, 5.41) is 7.01. The van der Waals surface area contributed by atoms with E-state index in [1.165, 1.54) is 24.8 Å². The largest absolute Gasteiger partial charge is 0.616 e. The Bertz CT molecular complexity index is 1040. The monoisotopic (exact) mass is 451 g/mol. The molecule has 2 N–H and O–H groups in total. The van der Waals surface area contributed by atoms with Crippen LogP contribution in [0.25, 0.3) is 11.0 Å². The number of fused-ring (bicyclic) bond motifs is 1. The lowest BCUT2D eigenvalue weighted by Crippen LogP contribution is -2.41. The van der Waals surface area contributed by atoms with Gasteiger partial charge in [-0.25, -0.2) is 15.0 Å². The molecule has 2 fully saturated rings. The maximum Gasteiger partial charge on any atom is 0.225 e. The Kier molecular flexibility index (Phi) is 6.54. The van der Waals surface area contributed by atoms with Crippen molar-refractivity contribution in [3.63, 3.8) is 0 Å². The van der Waals surface area contributed by atoms with Crippen LogP contribution in [0.3, 0.4) is 0 Å². The zero-order valence-electron chi connectivity index (χ0n) is 18.2. The molecule has 1 saturated carbocycles. The van der Waals surface area contributed by atoms with Crippen molar-refractivity contribution in [3.05, 3.63) is 42.2 Å². The molecule has 3 heterocycles. The van der Waals surface area contributed by atoms with E-state index >= 15 is 0 Å². The van der Waals surface area contributed by atoms with E-state index in [0.717, 1.165) is 29.7 Å². The minimum atomic E-state index is -0.754. The summed E-state index contributed by atoms with van der Waals surface area (Å²) in [7, 11) is 0. The van der Waals surface area contributed by atoms with E-state index in [1.807, 2.05) is 18.2 Å². The Hall–Kier alpha value is -2.65. The van der Waals surface area contributed by atoms with Crippen LogP contribution in [-0.4, -0.2) is 55.1 Å². The van der Waals surface area contributed by atoms with Crippen molar-refractivity contribution in [2.24, 2.45) is 0 Å². The van der Waals surface area contributed by atoms with Gasteiger partial charge in [0.15, 0.2) is 11.6 Å². The second-order valence-electron chi connectivity index (χ2n) is 8.44. The van der Waals surface area contributed by atoms with Crippen molar-refractivity contribution in [1.82, 2.24) is 19.9 Å². The number of hydrogen-bond acceptors (Lipinski definition) is 8. The summed E-state index contributed by atoms with van der Waals surface area (Å²) in [6.45, 7) is 2.07. The number of nitrogens with zero attached hydrogens (tertiary/aromatic N) is 5. The summed E-state index contributed by atoms with van der Waals surface area (Å²) in [5.41, 5.74) is 2.63. The Labute approximate surface area is 191 Å². The number of nitrogens with one attached hydrogen (secondary N) is 2. The lowest BCUT2D eigenvalue weighted by atomic mass is 9.96. The molecule has 1 aliphatic heterocycles. The topological polar surface area (TPSA) is 102 Å². The van der Waals surface area contributed by atoms with Gasteiger partial charge in [0.1, 0.15) is 28.9 Å². The first-order chi connectivity index (χ1) is 15.8. The van der Waals surface area contributed by atoms with Crippen molar-refractivity contribution in [1.29, 1.82) is 0 Å². The standard InChI is InChI=1S/C23H29N7OS/c31-32-13-11-30(12-14-32)22-20-19(28-23(29-22)27-18-9-5-2-6-10-18)21(26-16-25-20)24-15-17-7-3-1-4-8-17/h1,3-4,7-8,16,18H,2,5-6,9-15H2,(H,24,25,26)(H,27,28,29). The normalized spacial score (nSPS) is 18.1. The highest BCUT2D eigenvalue weighted by Crippen LogP contribution is 2.29. The molecule has 5 rings (SSSR count). The zero-order valence-corrected chi connectivity index (χ0v) is 19.0. The van der Waals surface area contributed by atoms with E-state index in [2.05, 4.69) is 37.6 Å². The van der Waals surface area contributed by atoms with Gasteiger partial charge >= 0.3 is 0 Å². The third-order valence-corrected chi connectivity index (χ3v) is 7.46. The second-order valence-corrected chi connectivity index (χ2v) is 10.1. The molecule has 2 aliphatic rings. The molecule has 9 heteroatoms. The Morgan fingerprint density at radius 2 is 1.75 bits per heavy atom. The second kappa shape index (κ2) is 9.87. The van der Waals surface area contributed by atoms with Gasteiger partial charge in [0, 0.05) is 12.6 Å². The number of anilines is 3. The minimum Gasteiger partial charge on any atom is -0.616 e. The molecule has 8 nitrogen and oxygen atoms in total. The molecule has 0 radical (unpaired) electrons. The fraction of sp³-hybridized carbons (Fsp3) is 0.478. The molecule has 32 heavy (non-hydrogen) atoms. The highest BCUT2D eigenvalue weighted by molar-refractivity contribution is 7.91. The third-order valence-electron chi connectivity index (χ3n) is 6.18. The van der Waals surface area contributed by atoms with Crippen LogP contribution in [0.2, 0.25) is 0 Å². The average Bonchev–Trinajstić information content (AvgIpc) is 2.84. The summed E-state index contributed by atoms with van der Waals surface area (Å²) in [6, 6.07) is 10.6. The molecule has 0 unspecified atom stereocenters. The molecule has 0 amide bonds. The lowest BCUT2D eigenvalue weighted by molar-refractivity contribution is 0.461. The average molecular weight is 452 g/mol. The highest BCUT2D eigenvalue weighted by Gasteiger charge is 2.25. The van der Waals surface area contributed by atoms with Crippen molar-refractivity contribution in [2.75, 3.05) is 40.1 Å². The first-order valence-corrected chi connectivity index (χ1v) is 12.9. The van der Waals surface area contributed by atoms with Gasteiger partial charge < -0.3 is 20.1 Å². The van der Waals surface area contributed by atoms with Crippen molar-refractivity contribution >= 4 is 39.8 Å². The molecule has 0 spiro atoms. The molecule has 0 bridgehead atoms. The molecule has 1 aromatic carbocycles. The Morgan fingerprint density at radius 1 is 0.969 bits per heavy atom. The molecule has 0 atom stereocenters. The quantitative estimate of drug-likeness (QED) is 0.550. The van der Waals surface area contributed by atoms with Gasteiger partial charge in [0.05, 0.1) is 13.1 Å². The highest BCUT2D eigenvalue weighted by atomic mass is 32.2. The van der Waals surface area contributed by atoms with Crippen molar-refractivity contribution < 1.29 is 4.55 Å². The van der Waals surface area contributed by atoms with Crippen LogP contribution in [0.15, 0.2) is 36.7 Å². The first-order valence-electron chi connectivity index (χ1n) is 11.4. The summed E-state index contributed by atoms with van der Waals surface area (Å²) >= 11 is -0.754. The van der Waals surface area contributed by atoms with E-state index < -0.39 is 11.2 Å². The molecule has 168 valence electrons. The molecule has 3 aromatic rings. The van der Waals surface area contributed by atoms with E-state index in [9.17, 15) is 4.55 Å². The van der Waals surface area contributed by atoms with Crippen LogP contribution in [0, 0.1) is 0 Å². The number of hydrogen-bond donors (Lipinski definition) is 2. The summed E-state index contributed by atoms with van der Waals surface area (Å²) < 4.78 is 11.9. The fourth-order valence-electron chi connectivity index (χ4n) is 4.41. The molecule has 1 saturated heterocycles. The summed E-state index contributed by atoms with van der Waals surface area (Å²) in [4.78, 5) is 21.0. The molecular formula is C23H29N7OS. The maximum absolute atomic E-state index is 11.9. The SMILES string of the molecule is [O-][S+]1CCN(c2nc(NC3CCCCC3)nc3c(NCc4ccccc4)ncnc23)CC1. The Balaban J connectivity index is 1.49. The predicted octanol–water partition coefficient (Wildman–Crippen LogP) is 3.35.